The Labute approximate surface area is 71.9 Å². The van der Waals surface area contributed by atoms with Gasteiger partial charge in [0, 0.05) is 0 Å². The van der Waals surface area contributed by atoms with Gasteiger partial charge in [-0.1, -0.05) is 0 Å². The number of rotatable bonds is 4. The van der Waals surface area contributed by atoms with Crippen LogP contribution < -0.4 is 5.32 Å². The van der Waals surface area contributed by atoms with Gasteiger partial charge in [0.25, 0.3) is 0 Å². The molecule has 1 N–H and O–H groups in total. The lowest BCUT2D eigenvalue weighted by Crippen LogP contribution is -2.36. The Bertz CT molecular complexity index is 164. The summed E-state index contributed by atoms with van der Waals surface area (Å²) in [5.41, 5.74) is 0. The molecule has 1 rings (SSSR count). The molecule has 4 heteroatoms. The predicted octanol–water partition coefficient (Wildman–Crippen LogP) is -0.692. The lowest BCUT2D eigenvalue weighted by atomic mass is 10.4. The molecule has 0 aromatic carbocycles. The van der Waals surface area contributed by atoms with Crippen molar-refractivity contribution in [3.05, 3.63) is 0 Å². The van der Waals surface area contributed by atoms with Crippen LogP contribution in [0.3, 0.4) is 0 Å². The topological polar surface area (TPSA) is 49.4 Å². The molecule has 1 aliphatic rings. The van der Waals surface area contributed by atoms with Gasteiger partial charge in [0.1, 0.15) is 0 Å². The fourth-order valence-electron chi connectivity index (χ4n) is 1.33. The minimum Gasteiger partial charge on any atom is -0.347 e. The van der Waals surface area contributed by atoms with Crippen LogP contribution in [-0.4, -0.2) is 43.3 Å². The molecule has 0 unspecified atom stereocenters. The number of amides is 1. The summed E-state index contributed by atoms with van der Waals surface area (Å²) in [5, 5.41) is 2.46. The fourth-order valence-corrected chi connectivity index (χ4v) is 1.33. The van der Waals surface area contributed by atoms with Crippen molar-refractivity contribution in [2.75, 3.05) is 26.2 Å². The van der Waals surface area contributed by atoms with Crippen molar-refractivity contribution < 1.29 is 9.59 Å². The van der Waals surface area contributed by atoms with Crippen LogP contribution in [0, 0.1) is 0 Å². The van der Waals surface area contributed by atoms with E-state index < -0.39 is 0 Å². The van der Waals surface area contributed by atoms with Gasteiger partial charge < -0.3 is 5.32 Å². The summed E-state index contributed by atoms with van der Waals surface area (Å²) < 4.78 is 0. The van der Waals surface area contributed by atoms with E-state index in [0.717, 1.165) is 13.1 Å². The summed E-state index contributed by atoms with van der Waals surface area (Å²) in [4.78, 5) is 22.9. The van der Waals surface area contributed by atoms with Gasteiger partial charge in [-0.25, -0.2) is 0 Å². The van der Waals surface area contributed by atoms with Crippen molar-refractivity contribution in [3.63, 3.8) is 0 Å². The van der Waals surface area contributed by atoms with E-state index in [9.17, 15) is 9.59 Å². The number of hydrogen-bond acceptors (Lipinski definition) is 3. The number of nitrogens with zero attached hydrogens (tertiary/aromatic N) is 1. The van der Waals surface area contributed by atoms with E-state index in [1.807, 2.05) is 0 Å². The highest BCUT2D eigenvalue weighted by Crippen LogP contribution is 2.05. The Balaban J connectivity index is 2.11. The van der Waals surface area contributed by atoms with E-state index in [0.29, 0.717) is 6.54 Å². The van der Waals surface area contributed by atoms with E-state index in [-0.39, 0.29) is 12.5 Å². The van der Waals surface area contributed by atoms with E-state index in [1.54, 1.807) is 6.29 Å². The minimum absolute atomic E-state index is 0.00662. The van der Waals surface area contributed by atoms with Crippen molar-refractivity contribution in [2.24, 2.45) is 0 Å². The van der Waals surface area contributed by atoms with Crippen molar-refractivity contribution in [2.45, 2.75) is 12.8 Å². The predicted molar refractivity (Wildman–Crippen MR) is 44.4 cm³/mol. The van der Waals surface area contributed by atoms with Gasteiger partial charge in [-0.15, -0.1) is 0 Å². The van der Waals surface area contributed by atoms with Crippen molar-refractivity contribution in [1.82, 2.24) is 10.2 Å². The van der Waals surface area contributed by atoms with Crippen LogP contribution in [0.25, 0.3) is 0 Å². The van der Waals surface area contributed by atoms with Crippen LogP contribution in [0.15, 0.2) is 0 Å². The molecule has 0 aliphatic carbocycles. The zero-order chi connectivity index (χ0) is 8.81. The number of likely N-dealkylation sites (tertiary alicyclic amines) is 1. The van der Waals surface area contributed by atoms with Crippen LogP contribution >= 0.6 is 0 Å². The maximum atomic E-state index is 11.0. The summed E-state index contributed by atoms with van der Waals surface area (Å²) in [5.74, 6) is -0.0831. The van der Waals surface area contributed by atoms with Crippen molar-refractivity contribution >= 4 is 12.2 Å². The lowest BCUT2D eigenvalue weighted by molar-refractivity contribution is -0.121. The highest BCUT2D eigenvalue weighted by atomic mass is 16.2. The molecule has 1 aliphatic heterocycles. The number of carbonyl (C=O) groups is 1. The van der Waals surface area contributed by atoms with Crippen LogP contribution in [0.5, 0.6) is 0 Å². The highest BCUT2D eigenvalue weighted by Gasteiger charge is 2.14. The Kier molecular flexibility index (Phi) is 3.73. The van der Waals surface area contributed by atoms with Gasteiger partial charge in [0.2, 0.25) is 12.2 Å². The third-order valence-electron chi connectivity index (χ3n) is 1.92. The molecule has 0 aromatic rings. The first-order valence-electron chi connectivity index (χ1n) is 4.17. The molecule has 4 nitrogen and oxygen atoms in total. The van der Waals surface area contributed by atoms with Gasteiger partial charge in [-0.2, -0.15) is 0 Å². The van der Waals surface area contributed by atoms with E-state index >= 15 is 0 Å². The summed E-state index contributed by atoms with van der Waals surface area (Å²) in [6.07, 6.45) is 3.97. The molecule has 12 heavy (non-hydrogen) atoms. The SMILES string of the molecule is O=[C]CNC(=O)CN1CCCC1. The van der Waals surface area contributed by atoms with Crippen LogP contribution in [0.4, 0.5) is 0 Å². The van der Waals surface area contributed by atoms with Crippen molar-refractivity contribution in [3.8, 4) is 0 Å². The zero-order valence-electron chi connectivity index (χ0n) is 7.01. The summed E-state index contributed by atoms with van der Waals surface area (Å²) in [6, 6.07) is 0. The second-order valence-electron chi connectivity index (χ2n) is 2.90. The first kappa shape index (κ1) is 9.19. The first-order valence-corrected chi connectivity index (χ1v) is 4.17. The Morgan fingerprint density at radius 3 is 2.67 bits per heavy atom. The molecule has 0 bridgehead atoms. The average Bonchev–Trinajstić information content (AvgIpc) is 2.53. The number of carbonyl (C=O) groups excluding carboxylic acids is 2. The number of nitrogens with one attached hydrogen (secondary N) is 1. The van der Waals surface area contributed by atoms with Gasteiger partial charge in [-0.3, -0.25) is 14.5 Å². The molecule has 0 aromatic heterocycles. The van der Waals surface area contributed by atoms with Crippen LogP contribution in [-0.2, 0) is 9.59 Å². The molecule has 0 atom stereocenters. The summed E-state index contributed by atoms with van der Waals surface area (Å²) in [7, 11) is 0. The fraction of sp³-hybridized carbons (Fsp3) is 0.750. The highest BCUT2D eigenvalue weighted by molar-refractivity contribution is 5.80. The van der Waals surface area contributed by atoms with Crippen LogP contribution in [0.1, 0.15) is 12.8 Å². The van der Waals surface area contributed by atoms with E-state index in [2.05, 4.69) is 10.2 Å². The molecule has 0 saturated carbocycles. The van der Waals surface area contributed by atoms with Gasteiger partial charge in [0.15, 0.2) is 0 Å². The Hall–Kier alpha value is -0.900. The quantitative estimate of drug-likeness (QED) is 0.606. The molecule has 1 amide bonds. The molecule has 0 spiro atoms. The molecule has 1 heterocycles. The largest absolute Gasteiger partial charge is 0.347 e. The molecule has 67 valence electrons. The van der Waals surface area contributed by atoms with Gasteiger partial charge in [-0.05, 0) is 25.9 Å². The molecule has 1 fully saturated rings. The molecule has 1 saturated heterocycles. The molecule has 1 radical (unpaired) electrons. The maximum Gasteiger partial charge on any atom is 0.234 e. The maximum absolute atomic E-state index is 11.0. The van der Waals surface area contributed by atoms with Crippen LogP contribution in [0.2, 0.25) is 0 Å². The summed E-state index contributed by atoms with van der Waals surface area (Å²) >= 11 is 0. The summed E-state index contributed by atoms with van der Waals surface area (Å²) in [6.45, 7) is 2.42. The van der Waals surface area contributed by atoms with Gasteiger partial charge in [0.05, 0.1) is 13.1 Å². The second kappa shape index (κ2) is 4.87. The third-order valence-corrected chi connectivity index (χ3v) is 1.92. The third kappa shape index (κ3) is 3.00. The smallest absolute Gasteiger partial charge is 0.234 e. The van der Waals surface area contributed by atoms with Gasteiger partial charge >= 0.3 is 0 Å². The monoisotopic (exact) mass is 169 g/mol. The standard InChI is InChI=1S/C8H13N2O2/c11-6-3-9-8(12)7-10-4-1-2-5-10/h1-5,7H2,(H,9,12). The first-order chi connectivity index (χ1) is 5.83. The molecular weight excluding hydrogens is 156 g/mol. The average molecular weight is 169 g/mol. The second-order valence-corrected chi connectivity index (χ2v) is 2.90. The number of hydrogen-bond donors (Lipinski definition) is 1. The normalized spacial score (nSPS) is 17.7. The zero-order valence-corrected chi connectivity index (χ0v) is 7.01. The van der Waals surface area contributed by atoms with E-state index in [4.69, 9.17) is 0 Å². The Morgan fingerprint density at radius 2 is 2.08 bits per heavy atom. The Morgan fingerprint density at radius 1 is 1.42 bits per heavy atom. The molecular formula is C8H13N2O2. The van der Waals surface area contributed by atoms with Crippen molar-refractivity contribution in [1.29, 1.82) is 0 Å². The minimum atomic E-state index is -0.0831. The van der Waals surface area contributed by atoms with E-state index in [1.165, 1.54) is 12.8 Å². The lowest BCUT2D eigenvalue weighted by Gasteiger charge is -2.12.